The highest BCUT2D eigenvalue weighted by Crippen LogP contribution is 2.21. The maximum atomic E-state index is 13.5. The summed E-state index contributed by atoms with van der Waals surface area (Å²) in [6.45, 7) is 1.30. The number of hydrogen-bond donors (Lipinski definition) is 1. The van der Waals surface area contributed by atoms with Crippen LogP contribution in [0.15, 0.2) is 17.0 Å². The molecule has 0 unspecified atom stereocenters. The van der Waals surface area contributed by atoms with Gasteiger partial charge in [-0.3, -0.25) is 0 Å². The smallest absolute Gasteiger partial charge is 0.338 e. The van der Waals surface area contributed by atoms with Gasteiger partial charge in [0.25, 0.3) is 0 Å². The number of unbranched alkanes of at least 4 members (excludes halogenated alkanes) is 1. The van der Waals surface area contributed by atoms with Gasteiger partial charge in [-0.2, -0.15) is 5.26 Å². The molecule has 0 saturated carbocycles. The number of aromatic carboxylic acids is 1. The van der Waals surface area contributed by atoms with E-state index in [2.05, 4.69) is 0 Å². The molecule has 1 aromatic carbocycles. The summed E-state index contributed by atoms with van der Waals surface area (Å²) in [5.74, 6) is -2.73. The fourth-order valence-corrected chi connectivity index (χ4v) is 2.94. The van der Waals surface area contributed by atoms with Crippen molar-refractivity contribution in [3.63, 3.8) is 0 Å². The van der Waals surface area contributed by atoms with E-state index in [4.69, 9.17) is 10.4 Å². The van der Waals surface area contributed by atoms with Gasteiger partial charge in [0.15, 0.2) is 9.84 Å². The number of nitrogens with zero attached hydrogens (tertiary/aromatic N) is 1. The maximum Gasteiger partial charge on any atom is 0.338 e. The summed E-state index contributed by atoms with van der Waals surface area (Å²) in [5, 5.41) is 17.2. The molecule has 0 bridgehead atoms. The fourth-order valence-electron chi connectivity index (χ4n) is 1.53. The summed E-state index contributed by atoms with van der Waals surface area (Å²) in [6.07, 6.45) is 0.239. The number of carbonyl (C=O) groups is 1. The van der Waals surface area contributed by atoms with E-state index in [0.717, 1.165) is 12.1 Å². The molecule has 1 N–H and O–H groups in total. The molecule has 0 spiro atoms. The average Bonchev–Trinajstić information content (AvgIpc) is 2.32. The van der Waals surface area contributed by atoms with Gasteiger partial charge in [-0.1, -0.05) is 0 Å². The molecule has 0 heterocycles. The van der Waals surface area contributed by atoms with Crippen LogP contribution >= 0.6 is 0 Å². The number of benzene rings is 1. The van der Waals surface area contributed by atoms with Gasteiger partial charge in [-0.05, 0) is 31.0 Å². The van der Waals surface area contributed by atoms with Crippen LogP contribution in [0.1, 0.15) is 28.8 Å². The van der Waals surface area contributed by atoms with Gasteiger partial charge < -0.3 is 5.11 Å². The summed E-state index contributed by atoms with van der Waals surface area (Å²) < 4.78 is 37.3. The first-order valence-electron chi connectivity index (χ1n) is 5.42. The van der Waals surface area contributed by atoms with Gasteiger partial charge in [-0.25, -0.2) is 17.6 Å². The summed E-state index contributed by atoms with van der Waals surface area (Å²) in [6, 6.07) is 3.74. The molecule has 0 aromatic heterocycles. The molecule has 0 aliphatic heterocycles. The Labute approximate surface area is 110 Å². The topological polar surface area (TPSA) is 95.2 Å². The molecule has 0 fully saturated rings. The van der Waals surface area contributed by atoms with Crippen molar-refractivity contribution in [3.05, 3.63) is 29.1 Å². The summed E-state index contributed by atoms with van der Waals surface area (Å²) >= 11 is 0. The van der Waals surface area contributed by atoms with Crippen molar-refractivity contribution in [3.8, 4) is 6.07 Å². The quantitative estimate of drug-likeness (QED) is 0.658. The fraction of sp³-hybridized carbons (Fsp3) is 0.333. The first-order valence-corrected chi connectivity index (χ1v) is 7.08. The summed E-state index contributed by atoms with van der Waals surface area (Å²) in [7, 11) is -3.71. The molecule has 1 aromatic rings. The number of aryl methyl sites for hydroxylation is 1. The predicted molar refractivity (Wildman–Crippen MR) is 65.0 cm³/mol. The van der Waals surface area contributed by atoms with Crippen LogP contribution < -0.4 is 0 Å². The second kappa shape index (κ2) is 5.80. The highest BCUT2D eigenvalue weighted by atomic mass is 32.2. The van der Waals surface area contributed by atoms with Crippen molar-refractivity contribution < 1.29 is 22.7 Å². The van der Waals surface area contributed by atoms with E-state index in [0.29, 0.717) is 0 Å². The van der Waals surface area contributed by atoms with E-state index < -0.39 is 27.2 Å². The number of halogens is 1. The molecular weight excluding hydrogens is 273 g/mol. The molecule has 0 radical (unpaired) electrons. The molecule has 0 atom stereocenters. The van der Waals surface area contributed by atoms with E-state index in [1.165, 1.54) is 6.92 Å². The molecule has 0 aliphatic carbocycles. The van der Waals surface area contributed by atoms with Crippen LogP contribution in [-0.2, 0) is 9.84 Å². The Kier molecular flexibility index (Phi) is 4.62. The predicted octanol–water partition coefficient (Wildman–Crippen LogP) is 1.91. The zero-order valence-electron chi connectivity index (χ0n) is 10.2. The van der Waals surface area contributed by atoms with E-state index >= 15 is 0 Å². The van der Waals surface area contributed by atoms with Crippen molar-refractivity contribution in [2.24, 2.45) is 0 Å². The van der Waals surface area contributed by atoms with Gasteiger partial charge in [0.1, 0.15) is 5.82 Å². The summed E-state index contributed by atoms with van der Waals surface area (Å²) in [5.41, 5.74) is -0.711. The lowest BCUT2D eigenvalue weighted by Crippen LogP contribution is -2.11. The first-order chi connectivity index (χ1) is 8.79. The van der Waals surface area contributed by atoms with Crippen LogP contribution in [0.25, 0.3) is 0 Å². The van der Waals surface area contributed by atoms with E-state index in [-0.39, 0.29) is 29.1 Å². The third-order valence-corrected chi connectivity index (χ3v) is 4.30. The van der Waals surface area contributed by atoms with Crippen molar-refractivity contribution in [2.45, 2.75) is 24.7 Å². The van der Waals surface area contributed by atoms with Crippen molar-refractivity contribution >= 4 is 15.8 Å². The number of sulfone groups is 1. The highest BCUT2D eigenvalue weighted by Gasteiger charge is 2.21. The Morgan fingerprint density at radius 1 is 1.47 bits per heavy atom. The molecule has 102 valence electrons. The number of rotatable bonds is 5. The molecule has 5 nitrogen and oxygen atoms in total. The van der Waals surface area contributed by atoms with Crippen LogP contribution in [-0.4, -0.2) is 25.2 Å². The van der Waals surface area contributed by atoms with Gasteiger partial charge in [0, 0.05) is 6.42 Å². The van der Waals surface area contributed by atoms with E-state index in [1.54, 1.807) is 0 Å². The molecule has 1 rings (SSSR count). The lowest BCUT2D eigenvalue weighted by molar-refractivity contribution is 0.0691. The maximum absolute atomic E-state index is 13.5. The minimum Gasteiger partial charge on any atom is -0.478 e. The van der Waals surface area contributed by atoms with Crippen LogP contribution in [0.3, 0.4) is 0 Å². The highest BCUT2D eigenvalue weighted by molar-refractivity contribution is 7.91. The van der Waals surface area contributed by atoms with Crippen LogP contribution in [0.5, 0.6) is 0 Å². The van der Waals surface area contributed by atoms with Gasteiger partial charge in [0.05, 0.1) is 22.3 Å². The van der Waals surface area contributed by atoms with E-state index in [1.807, 2.05) is 6.07 Å². The SMILES string of the molecule is Cc1cc(S(=O)(=O)CCCC#N)cc(C(=O)O)c1F. The third-order valence-electron chi connectivity index (χ3n) is 2.52. The molecule has 0 aliphatic rings. The Morgan fingerprint density at radius 3 is 2.63 bits per heavy atom. The Bertz CT molecular complexity index is 646. The van der Waals surface area contributed by atoms with Crippen molar-refractivity contribution in [1.82, 2.24) is 0 Å². The average molecular weight is 285 g/mol. The number of nitriles is 1. The van der Waals surface area contributed by atoms with E-state index in [9.17, 15) is 17.6 Å². The first kappa shape index (κ1) is 15.1. The second-order valence-corrected chi connectivity index (χ2v) is 6.10. The van der Waals surface area contributed by atoms with Crippen LogP contribution in [0, 0.1) is 24.1 Å². The number of carboxylic acid groups (broad SMARTS) is 1. The molecule has 0 amide bonds. The lowest BCUT2D eigenvalue weighted by Gasteiger charge is -2.07. The molecule has 0 saturated heterocycles. The zero-order valence-corrected chi connectivity index (χ0v) is 11.0. The lowest BCUT2D eigenvalue weighted by atomic mass is 10.1. The van der Waals surface area contributed by atoms with Gasteiger partial charge >= 0.3 is 5.97 Å². The minimum absolute atomic E-state index is 0.0428. The van der Waals surface area contributed by atoms with Gasteiger partial charge in [-0.15, -0.1) is 0 Å². The van der Waals surface area contributed by atoms with Crippen LogP contribution in [0.2, 0.25) is 0 Å². The monoisotopic (exact) mass is 285 g/mol. The normalized spacial score (nSPS) is 11.0. The van der Waals surface area contributed by atoms with Crippen molar-refractivity contribution in [1.29, 1.82) is 5.26 Å². The minimum atomic E-state index is -3.71. The molecule has 7 heteroatoms. The Hall–Kier alpha value is -1.94. The summed E-state index contributed by atoms with van der Waals surface area (Å²) in [4.78, 5) is 10.6. The number of hydrogen-bond acceptors (Lipinski definition) is 4. The Balaban J connectivity index is 3.22. The molecular formula is C12H12FNO4S. The zero-order chi connectivity index (χ0) is 14.6. The standard InChI is InChI=1S/C12H12FNO4S/c1-8-6-9(7-10(11(8)13)12(15)16)19(17,18)5-3-2-4-14/h6-7H,2-3,5H2,1H3,(H,15,16). The second-order valence-electron chi connectivity index (χ2n) is 3.99. The van der Waals surface area contributed by atoms with Crippen LogP contribution in [0.4, 0.5) is 4.39 Å². The third kappa shape index (κ3) is 3.51. The molecule has 19 heavy (non-hydrogen) atoms. The largest absolute Gasteiger partial charge is 0.478 e. The Morgan fingerprint density at radius 2 is 2.11 bits per heavy atom. The van der Waals surface area contributed by atoms with Gasteiger partial charge in [0.2, 0.25) is 0 Å². The number of carboxylic acids is 1. The van der Waals surface area contributed by atoms with Crippen molar-refractivity contribution in [2.75, 3.05) is 5.75 Å².